The second-order valence-electron chi connectivity index (χ2n) is 2.72. The first-order chi connectivity index (χ1) is 6.75. The normalized spacial score (nSPS) is 11.5. The molecule has 0 saturated carbocycles. The van der Waals surface area contributed by atoms with E-state index in [1.807, 2.05) is 0 Å². The van der Waals surface area contributed by atoms with Gasteiger partial charge in [0.05, 0.1) is 0 Å². The number of rotatable bonds is 2. The Labute approximate surface area is 88.9 Å². The van der Waals surface area contributed by atoms with Gasteiger partial charge in [0.2, 0.25) is 0 Å². The van der Waals surface area contributed by atoms with E-state index in [0.717, 1.165) is 18.4 Å². The summed E-state index contributed by atoms with van der Waals surface area (Å²) in [5.74, 6) is -1.38. The summed E-state index contributed by atoms with van der Waals surface area (Å²) in [6.07, 6.45) is 0.754. The molecule has 0 radical (unpaired) electrons. The molecule has 0 aliphatic carbocycles. The Morgan fingerprint density at radius 3 is 2.27 bits per heavy atom. The van der Waals surface area contributed by atoms with Crippen molar-refractivity contribution >= 4 is 27.1 Å². The quantitative estimate of drug-likeness (QED) is 0.766. The van der Waals surface area contributed by atoms with Crippen molar-refractivity contribution in [1.82, 2.24) is 0 Å². The van der Waals surface area contributed by atoms with Crippen molar-refractivity contribution in [2.45, 2.75) is 4.90 Å². The first-order valence-electron chi connectivity index (χ1n) is 3.55. The van der Waals surface area contributed by atoms with E-state index in [-0.39, 0.29) is 0 Å². The van der Waals surface area contributed by atoms with E-state index in [0.29, 0.717) is 0 Å². The monoisotopic (exact) mass is 259 g/mol. The van der Waals surface area contributed by atoms with Gasteiger partial charge in [-0.25, -0.2) is 12.8 Å². The summed E-state index contributed by atoms with van der Waals surface area (Å²) >= 11 is 5.24. The first kappa shape index (κ1) is 12.1. The van der Waals surface area contributed by atoms with Crippen LogP contribution < -0.4 is 5.34 Å². The second kappa shape index (κ2) is 3.90. The number of hydrogen-bond donors (Lipinski definition) is 0. The minimum absolute atomic E-state index is 0.710. The van der Waals surface area contributed by atoms with Crippen LogP contribution in [0.15, 0.2) is 17.0 Å². The predicted octanol–water partition coefficient (Wildman–Crippen LogP) is 2.46. The topological polar surface area (TPSA) is 37.4 Å². The third-order valence-corrected chi connectivity index (χ3v) is 3.08. The van der Waals surface area contributed by atoms with Crippen LogP contribution in [-0.2, 0) is 9.84 Å². The first-order valence-corrected chi connectivity index (χ1v) is 5.82. The second-order valence-corrected chi connectivity index (χ2v) is 5.08. The fraction of sp³-hybridized carbons (Fsp3) is 0.143. The summed E-state index contributed by atoms with van der Waals surface area (Å²) in [6, 6.07) is 1.46. The molecule has 1 aromatic rings. The van der Waals surface area contributed by atoms with Gasteiger partial charge in [0.25, 0.3) is 0 Å². The number of anilines is 1. The molecule has 15 heavy (non-hydrogen) atoms. The molecule has 8 heteroatoms. The summed E-state index contributed by atoms with van der Waals surface area (Å²) in [6.45, 7) is 0. The zero-order valence-electron chi connectivity index (χ0n) is 7.34. The highest BCUT2D eigenvalue weighted by Crippen LogP contribution is 2.32. The SMILES string of the molecule is CS(=O)(=O)c1ccc(N(F)F)c(Cl)c1F. The highest BCUT2D eigenvalue weighted by atomic mass is 35.5. The third kappa shape index (κ3) is 2.35. The van der Waals surface area contributed by atoms with E-state index in [1.54, 1.807) is 0 Å². The van der Waals surface area contributed by atoms with Crippen LogP contribution in [0.5, 0.6) is 0 Å². The molecular formula is C7H5ClF3NO2S. The molecular weight excluding hydrogens is 255 g/mol. The van der Waals surface area contributed by atoms with E-state index in [9.17, 15) is 21.8 Å². The van der Waals surface area contributed by atoms with Gasteiger partial charge in [0, 0.05) is 6.26 Å². The van der Waals surface area contributed by atoms with Gasteiger partial charge in [-0.1, -0.05) is 20.6 Å². The molecule has 3 nitrogen and oxygen atoms in total. The molecule has 0 spiro atoms. The average molecular weight is 260 g/mol. The Morgan fingerprint density at radius 1 is 1.33 bits per heavy atom. The van der Waals surface area contributed by atoms with E-state index in [1.165, 1.54) is 0 Å². The molecule has 0 atom stereocenters. The van der Waals surface area contributed by atoms with E-state index >= 15 is 0 Å². The molecule has 0 aromatic heterocycles. The van der Waals surface area contributed by atoms with E-state index in [2.05, 4.69) is 0 Å². The van der Waals surface area contributed by atoms with Crippen molar-refractivity contribution in [3.8, 4) is 0 Å². The van der Waals surface area contributed by atoms with Crippen LogP contribution in [0.25, 0.3) is 0 Å². The lowest BCUT2D eigenvalue weighted by atomic mass is 10.3. The molecule has 0 amide bonds. The van der Waals surface area contributed by atoms with Crippen LogP contribution >= 0.6 is 11.6 Å². The van der Waals surface area contributed by atoms with Gasteiger partial charge < -0.3 is 0 Å². The minimum atomic E-state index is -3.82. The number of benzene rings is 1. The maximum atomic E-state index is 13.2. The Morgan fingerprint density at radius 2 is 1.87 bits per heavy atom. The van der Waals surface area contributed by atoms with Crippen molar-refractivity contribution in [2.75, 3.05) is 11.6 Å². The molecule has 84 valence electrons. The van der Waals surface area contributed by atoms with Crippen molar-refractivity contribution in [3.63, 3.8) is 0 Å². The summed E-state index contributed by atoms with van der Waals surface area (Å²) in [7, 11) is -3.82. The third-order valence-electron chi connectivity index (χ3n) is 1.61. The number of nitrogens with zero attached hydrogens (tertiary/aromatic N) is 1. The van der Waals surface area contributed by atoms with E-state index < -0.39 is 36.6 Å². The molecule has 0 fully saturated rings. The summed E-state index contributed by atoms with van der Waals surface area (Å²) in [4.78, 5) is -0.710. The molecule has 0 aliphatic rings. The zero-order valence-corrected chi connectivity index (χ0v) is 8.91. The highest BCUT2D eigenvalue weighted by molar-refractivity contribution is 7.90. The summed E-state index contributed by atoms with van der Waals surface area (Å²) < 4.78 is 59.4. The molecule has 0 unspecified atom stereocenters. The maximum absolute atomic E-state index is 13.2. The van der Waals surface area contributed by atoms with E-state index in [4.69, 9.17) is 11.6 Å². The Hall–Kier alpha value is -0.950. The Bertz CT molecular complexity index is 489. The van der Waals surface area contributed by atoms with Crippen LogP contribution in [0.2, 0.25) is 5.02 Å². The Balaban J connectivity index is 3.48. The van der Waals surface area contributed by atoms with Crippen molar-refractivity contribution in [3.05, 3.63) is 23.0 Å². The van der Waals surface area contributed by atoms with Gasteiger partial charge in [0.1, 0.15) is 15.6 Å². The lowest BCUT2D eigenvalue weighted by molar-refractivity contribution is 0.234. The molecule has 0 N–H and O–H groups in total. The number of sulfone groups is 1. The summed E-state index contributed by atoms with van der Waals surface area (Å²) in [5, 5.41) is -2.32. The average Bonchev–Trinajstić information content (AvgIpc) is 2.06. The molecule has 0 bridgehead atoms. The van der Waals surface area contributed by atoms with Gasteiger partial charge in [-0.3, -0.25) is 0 Å². The van der Waals surface area contributed by atoms with Crippen molar-refractivity contribution in [1.29, 1.82) is 0 Å². The van der Waals surface area contributed by atoms with Gasteiger partial charge in [-0.2, -0.15) is 0 Å². The molecule has 0 aliphatic heterocycles. The fourth-order valence-electron chi connectivity index (χ4n) is 0.938. The number of halogens is 4. The van der Waals surface area contributed by atoms with Crippen molar-refractivity contribution < 1.29 is 21.8 Å². The molecule has 0 heterocycles. The van der Waals surface area contributed by atoms with Crippen LogP contribution in [0.1, 0.15) is 0 Å². The van der Waals surface area contributed by atoms with Crippen LogP contribution in [0, 0.1) is 5.82 Å². The van der Waals surface area contributed by atoms with Gasteiger partial charge in [-0.05, 0) is 17.5 Å². The predicted molar refractivity (Wildman–Crippen MR) is 49.2 cm³/mol. The largest absolute Gasteiger partial charge is 0.224 e. The Kier molecular flexibility index (Phi) is 3.15. The lowest BCUT2D eigenvalue weighted by Crippen LogP contribution is -2.04. The lowest BCUT2D eigenvalue weighted by Gasteiger charge is -2.07. The van der Waals surface area contributed by atoms with Gasteiger partial charge >= 0.3 is 0 Å². The molecule has 0 saturated heterocycles. The zero-order chi connectivity index (χ0) is 11.8. The highest BCUT2D eigenvalue weighted by Gasteiger charge is 2.21. The molecule has 1 aromatic carbocycles. The molecule has 1 rings (SSSR count). The van der Waals surface area contributed by atoms with Crippen LogP contribution in [0.4, 0.5) is 19.0 Å². The van der Waals surface area contributed by atoms with Gasteiger partial charge in [-0.15, -0.1) is 0 Å². The smallest absolute Gasteiger partial charge is 0.178 e. The fourth-order valence-corrected chi connectivity index (χ4v) is 1.97. The van der Waals surface area contributed by atoms with Gasteiger partial charge in [0.15, 0.2) is 15.7 Å². The maximum Gasteiger partial charge on any atom is 0.178 e. The summed E-state index contributed by atoms with van der Waals surface area (Å²) in [5.41, 5.74) is -0.887. The standard InChI is InChI=1S/C7H5ClF3NO2S/c1-15(13,14)5-3-2-4(12(10)11)6(8)7(5)9/h2-3H,1H3. The minimum Gasteiger partial charge on any atom is -0.224 e. The van der Waals surface area contributed by atoms with Crippen LogP contribution in [0.3, 0.4) is 0 Å². The van der Waals surface area contributed by atoms with Crippen molar-refractivity contribution in [2.24, 2.45) is 0 Å². The van der Waals surface area contributed by atoms with Crippen LogP contribution in [-0.4, -0.2) is 14.7 Å². The number of hydrogen-bond acceptors (Lipinski definition) is 3.